The Kier molecular flexibility index (Phi) is 42.3. The molecule has 15 heteroatoms. The fourth-order valence-electron chi connectivity index (χ4n) is 6.58. The van der Waals surface area contributed by atoms with Crippen molar-refractivity contribution in [1.82, 2.24) is 0 Å². The third-order valence-electron chi connectivity index (χ3n) is 9.45. The van der Waals surface area contributed by atoms with E-state index in [2.05, 4.69) is 0 Å². The monoisotopic (exact) mass is 838 g/mol. The molecule has 0 atom stereocenters. The van der Waals surface area contributed by atoms with Gasteiger partial charge in [0.15, 0.2) is 0 Å². The summed E-state index contributed by atoms with van der Waals surface area (Å²) >= 11 is 0. The average Bonchev–Trinajstić information content (AvgIpc) is 3.01. The third kappa shape index (κ3) is 76.4. The molecule has 0 saturated heterocycles. The van der Waals surface area contributed by atoms with Crippen LogP contribution < -0.4 is 17.2 Å². The van der Waals surface area contributed by atoms with Gasteiger partial charge in [-0.05, 0) is 38.5 Å². The van der Waals surface area contributed by atoms with Crippen LogP contribution >= 0.6 is 0 Å². The highest BCUT2D eigenvalue weighted by Crippen LogP contribution is 2.18. The molecule has 3 fully saturated rings. The first kappa shape index (κ1) is 57.9. The topological polar surface area (TPSA) is 241 Å². The zero-order chi connectivity index (χ0) is 41.6. The van der Waals surface area contributed by atoms with Gasteiger partial charge in [-0.3, -0.25) is 13.7 Å². The van der Waals surface area contributed by atoms with Crippen molar-refractivity contribution in [1.29, 1.82) is 0 Å². The Morgan fingerprint density at radius 2 is 0.352 bits per heavy atom. The van der Waals surface area contributed by atoms with Crippen LogP contribution in [-0.4, -0.2) is 75.8 Å². The van der Waals surface area contributed by atoms with E-state index in [-0.39, 0.29) is 0 Å². The van der Waals surface area contributed by atoms with Gasteiger partial charge >= 0.3 is 0 Å². The Labute approximate surface area is 334 Å². The van der Waals surface area contributed by atoms with Gasteiger partial charge in [0, 0.05) is 18.1 Å². The van der Waals surface area contributed by atoms with Gasteiger partial charge in [0.05, 0.1) is 18.8 Å². The summed E-state index contributed by atoms with van der Waals surface area (Å²) in [7, 11) is -11.0. The molecule has 0 radical (unpaired) electrons. The van der Waals surface area contributed by atoms with Gasteiger partial charge in [-0.2, -0.15) is 25.3 Å². The van der Waals surface area contributed by atoms with E-state index in [4.69, 9.17) is 30.9 Å². The molecule has 12 nitrogen and oxygen atoms in total. The highest BCUT2D eigenvalue weighted by Gasteiger charge is 2.05. The minimum Gasteiger partial charge on any atom is -0.328 e. The smallest absolute Gasteiger partial charge is 0.261 e. The molecule has 0 aromatic heterocycles. The van der Waals surface area contributed by atoms with Crippen molar-refractivity contribution in [2.45, 2.75) is 230 Å². The summed E-state index contributed by atoms with van der Waals surface area (Å²) in [5.74, 6) is 0. The molecule has 3 saturated carbocycles. The van der Waals surface area contributed by atoms with E-state index in [1.54, 1.807) is 0 Å². The van der Waals surface area contributed by atoms with Crippen LogP contribution in [0.25, 0.3) is 0 Å². The maximum absolute atomic E-state index is 9.19. The molecule has 0 spiro atoms. The summed E-state index contributed by atoms with van der Waals surface area (Å²) in [5, 5.41) is 0. The fourth-order valence-corrected chi connectivity index (χ4v) is 6.58. The molecule has 0 unspecified atom stereocenters. The van der Waals surface area contributed by atoms with Crippen molar-refractivity contribution in [3.05, 3.63) is 0 Å². The van der Waals surface area contributed by atoms with Gasteiger partial charge in [-0.15, -0.1) is 0 Å². The Bertz CT molecular complexity index is 912. The third-order valence-corrected chi connectivity index (χ3v) is 9.45. The van der Waals surface area contributed by atoms with Gasteiger partial charge in [0.2, 0.25) is 0 Å². The first-order valence-electron chi connectivity index (χ1n) is 21.2. The Hall–Kier alpha value is -0.390. The Morgan fingerprint density at radius 1 is 0.278 bits per heavy atom. The van der Waals surface area contributed by atoms with Crippen LogP contribution in [0.2, 0.25) is 0 Å². The van der Waals surface area contributed by atoms with Gasteiger partial charge in [0.25, 0.3) is 30.4 Å². The second kappa shape index (κ2) is 39.4. The van der Waals surface area contributed by atoms with Crippen molar-refractivity contribution < 1.29 is 38.9 Å². The summed E-state index contributed by atoms with van der Waals surface area (Å²) < 4.78 is 77.6. The van der Waals surface area contributed by atoms with Crippen LogP contribution in [0.1, 0.15) is 212 Å². The minimum atomic E-state index is -3.67. The Balaban J connectivity index is -0.000000610. The molecular weight excluding hydrogens is 751 g/mol. The molecule has 0 aliphatic heterocycles. The van der Waals surface area contributed by atoms with Gasteiger partial charge in [-0.25, -0.2) is 0 Å². The van der Waals surface area contributed by atoms with Gasteiger partial charge < -0.3 is 17.2 Å². The van der Waals surface area contributed by atoms with E-state index >= 15 is 0 Å². The van der Waals surface area contributed by atoms with Crippen molar-refractivity contribution in [2.75, 3.05) is 18.8 Å². The SMILES string of the molecule is CS(=O)(=O)O.CS(=O)(=O)O.CS(=O)(=O)O.NC1CCCCCCCCCCC1.NC1CCCCCCCCCCC1.NC1CCCCCCCCCCC1. The maximum atomic E-state index is 9.19. The lowest BCUT2D eigenvalue weighted by Gasteiger charge is -2.12. The fraction of sp³-hybridized carbons (Fsp3) is 1.00. The second-order valence-corrected chi connectivity index (χ2v) is 20.2. The van der Waals surface area contributed by atoms with Crippen molar-refractivity contribution in [3.63, 3.8) is 0 Å². The maximum Gasteiger partial charge on any atom is 0.261 e. The molecular formula is C39H87N3O9S3. The zero-order valence-electron chi connectivity index (χ0n) is 34.8. The molecule has 0 amide bonds. The zero-order valence-corrected chi connectivity index (χ0v) is 37.3. The number of nitrogens with two attached hydrogens (primary N) is 3. The number of hydrogen-bond acceptors (Lipinski definition) is 9. The first-order chi connectivity index (χ1) is 25.2. The standard InChI is InChI=1S/3C12H25N.3CH4O3S/c3*13-12-10-8-6-4-2-1-3-5-7-9-11-12;3*1-5(2,3)4/h3*12H,1-11,13H2;3*1H3,(H,2,3,4). The summed E-state index contributed by atoms with van der Waals surface area (Å²) in [5.41, 5.74) is 18.0. The molecule has 3 aliphatic carbocycles. The second-order valence-electron chi connectivity index (χ2n) is 15.8. The van der Waals surface area contributed by atoms with Crippen molar-refractivity contribution >= 4 is 30.4 Å². The highest BCUT2D eigenvalue weighted by molar-refractivity contribution is 7.85. The van der Waals surface area contributed by atoms with Crippen LogP contribution in [0.15, 0.2) is 0 Å². The summed E-state index contributed by atoms with van der Waals surface area (Å²) in [6.45, 7) is 0. The predicted octanol–water partition coefficient (Wildman–Crippen LogP) is 9.37. The molecule has 3 rings (SSSR count). The van der Waals surface area contributed by atoms with Crippen LogP contribution in [-0.2, 0) is 30.4 Å². The normalized spacial score (nSPS) is 21.1. The largest absolute Gasteiger partial charge is 0.328 e. The number of hydrogen-bond donors (Lipinski definition) is 6. The van der Waals surface area contributed by atoms with Crippen molar-refractivity contribution in [3.8, 4) is 0 Å². The molecule has 54 heavy (non-hydrogen) atoms. The molecule has 9 N–H and O–H groups in total. The van der Waals surface area contributed by atoms with E-state index in [9.17, 15) is 25.3 Å². The summed E-state index contributed by atoms with van der Waals surface area (Å²) in [6, 6.07) is 1.50. The van der Waals surface area contributed by atoms with Gasteiger partial charge in [0.1, 0.15) is 0 Å². The van der Waals surface area contributed by atoms with E-state index in [1.807, 2.05) is 0 Å². The lowest BCUT2D eigenvalue weighted by Crippen LogP contribution is -2.19. The average molecular weight is 838 g/mol. The Morgan fingerprint density at radius 3 is 0.444 bits per heavy atom. The molecule has 330 valence electrons. The van der Waals surface area contributed by atoms with Crippen molar-refractivity contribution in [2.24, 2.45) is 17.2 Å². The summed E-state index contributed by atoms with van der Waals surface area (Å²) in [4.78, 5) is 0. The van der Waals surface area contributed by atoms with E-state index in [1.165, 1.54) is 212 Å². The quantitative estimate of drug-likeness (QED) is 0.125. The molecule has 3 aliphatic rings. The van der Waals surface area contributed by atoms with E-state index < -0.39 is 30.4 Å². The highest BCUT2D eigenvalue weighted by atomic mass is 32.2. The predicted molar refractivity (Wildman–Crippen MR) is 229 cm³/mol. The van der Waals surface area contributed by atoms with E-state index in [0.717, 1.165) is 0 Å². The van der Waals surface area contributed by atoms with Crippen LogP contribution in [0, 0.1) is 0 Å². The first-order valence-corrected chi connectivity index (χ1v) is 26.8. The van der Waals surface area contributed by atoms with E-state index in [0.29, 0.717) is 36.9 Å². The molecule has 0 bridgehead atoms. The number of rotatable bonds is 0. The minimum absolute atomic E-state index is 0.499. The lowest BCUT2D eigenvalue weighted by molar-refractivity contribution is 0.465. The van der Waals surface area contributed by atoms with Crippen LogP contribution in [0.4, 0.5) is 0 Å². The molecule has 0 aromatic carbocycles. The van der Waals surface area contributed by atoms with Gasteiger partial charge in [-0.1, -0.05) is 173 Å². The summed E-state index contributed by atoms with van der Waals surface area (Å²) in [6.07, 6.45) is 48.1. The van der Waals surface area contributed by atoms with Crippen LogP contribution in [0.3, 0.4) is 0 Å². The molecule has 0 heterocycles. The molecule has 0 aromatic rings. The lowest BCUT2D eigenvalue weighted by atomic mass is 9.99. The van der Waals surface area contributed by atoms with Crippen LogP contribution in [0.5, 0.6) is 0 Å².